The minimum absolute atomic E-state index is 0.0843. The fraction of sp³-hybridized carbons (Fsp3) is 0.409. The highest BCUT2D eigenvalue weighted by atomic mass is 19.1. The molecule has 1 aliphatic heterocycles. The molecule has 7 heteroatoms. The number of amides is 2. The predicted octanol–water partition coefficient (Wildman–Crippen LogP) is 4.00. The number of rotatable bonds is 6. The zero-order chi connectivity index (χ0) is 20.8. The lowest BCUT2D eigenvalue weighted by atomic mass is 10.0. The highest BCUT2D eigenvalue weighted by Gasteiger charge is 2.22. The van der Waals surface area contributed by atoms with Crippen molar-refractivity contribution >= 4 is 6.03 Å². The Bertz CT molecular complexity index is 821. The van der Waals surface area contributed by atoms with Crippen LogP contribution in [0.15, 0.2) is 42.5 Å². The van der Waals surface area contributed by atoms with Crippen molar-refractivity contribution in [3.63, 3.8) is 0 Å². The summed E-state index contributed by atoms with van der Waals surface area (Å²) in [5.74, 6) is -0.0653. The Morgan fingerprint density at radius 1 is 1.14 bits per heavy atom. The van der Waals surface area contributed by atoms with Crippen LogP contribution in [-0.4, -0.2) is 37.2 Å². The number of nitrogens with one attached hydrogen (secondary N) is 2. The fourth-order valence-corrected chi connectivity index (χ4v) is 3.63. The number of ether oxygens (including phenoxy) is 1. The van der Waals surface area contributed by atoms with Gasteiger partial charge in [0.25, 0.3) is 0 Å². The maximum Gasteiger partial charge on any atom is 0.315 e. The van der Waals surface area contributed by atoms with E-state index in [2.05, 4.69) is 15.5 Å². The van der Waals surface area contributed by atoms with Crippen LogP contribution in [0.4, 0.5) is 13.6 Å². The molecule has 2 aromatic rings. The lowest BCUT2D eigenvalue weighted by molar-refractivity contribution is 0.186. The number of nitrogens with zero attached hydrogens (tertiary/aromatic N) is 1. The van der Waals surface area contributed by atoms with Gasteiger partial charge in [0.15, 0.2) is 0 Å². The van der Waals surface area contributed by atoms with Gasteiger partial charge in [-0.05, 0) is 55.7 Å². The van der Waals surface area contributed by atoms with Gasteiger partial charge in [0.1, 0.15) is 17.4 Å². The summed E-state index contributed by atoms with van der Waals surface area (Å²) in [6.07, 6.45) is 1.68. The molecule has 0 unspecified atom stereocenters. The van der Waals surface area contributed by atoms with Gasteiger partial charge >= 0.3 is 6.03 Å². The number of likely N-dealkylation sites (tertiary alicyclic amines) is 1. The van der Waals surface area contributed by atoms with Gasteiger partial charge in [0.2, 0.25) is 0 Å². The van der Waals surface area contributed by atoms with Crippen LogP contribution in [-0.2, 0) is 6.54 Å². The highest BCUT2D eigenvalue weighted by molar-refractivity contribution is 5.74. The minimum Gasteiger partial charge on any atom is -0.496 e. The Balaban J connectivity index is 1.46. The van der Waals surface area contributed by atoms with Crippen molar-refractivity contribution in [3.8, 4) is 5.75 Å². The van der Waals surface area contributed by atoms with E-state index in [4.69, 9.17) is 4.74 Å². The molecule has 0 aliphatic carbocycles. The van der Waals surface area contributed by atoms with Crippen molar-refractivity contribution in [3.05, 3.63) is 65.2 Å². The van der Waals surface area contributed by atoms with E-state index < -0.39 is 0 Å². The average Bonchev–Trinajstić information content (AvgIpc) is 2.71. The van der Waals surface area contributed by atoms with Crippen molar-refractivity contribution < 1.29 is 18.3 Å². The summed E-state index contributed by atoms with van der Waals surface area (Å²) in [6, 6.07) is 10.2. The zero-order valence-electron chi connectivity index (χ0n) is 16.8. The van der Waals surface area contributed by atoms with E-state index in [9.17, 15) is 13.6 Å². The van der Waals surface area contributed by atoms with E-state index in [0.29, 0.717) is 11.3 Å². The topological polar surface area (TPSA) is 53.6 Å². The standard InChI is InChI=1S/C22H27F2N3O2/c1-15(20-13-18(24)7-8-21(20)29-2)25-22(28)26-19-9-11-27(12-10-19)14-16-3-5-17(23)6-4-16/h3-8,13,15,19H,9-12,14H2,1-2H3,(H2,25,26,28)/t15-/m0/s1. The van der Waals surface area contributed by atoms with Crippen molar-refractivity contribution in [2.75, 3.05) is 20.2 Å². The van der Waals surface area contributed by atoms with Gasteiger partial charge in [-0.1, -0.05) is 12.1 Å². The van der Waals surface area contributed by atoms with Crippen LogP contribution in [0.1, 0.15) is 36.9 Å². The van der Waals surface area contributed by atoms with Gasteiger partial charge in [0.05, 0.1) is 13.2 Å². The van der Waals surface area contributed by atoms with Gasteiger partial charge < -0.3 is 15.4 Å². The molecule has 1 saturated heterocycles. The third kappa shape index (κ3) is 5.90. The SMILES string of the molecule is COc1ccc(F)cc1[C@H](C)NC(=O)NC1CCN(Cc2ccc(F)cc2)CC1. The molecule has 2 aromatic carbocycles. The molecule has 0 aromatic heterocycles. The largest absolute Gasteiger partial charge is 0.496 e. The first kappa shape index (κ1) is 21.0. The first-order chi connectivity index (χ1) is 13.9. The van der Waals surface area contributed by atoms with E-state index >= 15 is 0 Å². The molecule has 3 rings (SSSR count). The molecule has 2 amide bonds. The monoisotopic (exact) mass is 403 g/mol. The van der Waals surface area contributed by atoms with Gasteiger partial charge in [-0.15, -0.1) is 0 Å². The van der Waals surface area contributed by atoms with Gasteiger partial charge in [-0.25, -0.2) is 13.6 Å². The van der Waals surface area contributed by atoms with Crippen molar-refractivity contribution in [2.24, 2.45) is 0 Å². The molecule has 0 saturated carbocycles. The fourth-order valence-electron chi connectivity index (χ4n) is 3.63. The maximum absolute atomic E-state index is 13.6. The molecule has 1 aliphatic rings. The summed E-state index contributed by atoms with van der Waals surface area (Å²) >= 11 is 0. The van der Waals surface area contributed by atoms with E-state index in [1.807, 2.05) is 0 Å². The number of hydrogen-bond donors (Lipinski definition) is 2. The third-order valence-corrected chi connectivity index (χ3v) is 5.25. The average molecular weight is 403 g/mol. The summed E-state index contributed by atoms with van der Waals surface area (Å²) in [5.41, 5.74) is 1.67. The molecule has 1 atom stereocenters. The molecule has 2 N–H and O–H groups in total. The van der Waals surface area contributed by atoms with Crippen molar-refractivity contribution in [2.45, 2.75) is 38.4 Å². The number of carbonyl (C=O) groups is 1. The first-order valence-electron chi connectivity index (χ1n) is 9.82. The Kier molecular flexibility index (Phi) is 7.04. The minimum atomic E-state index is -0.390. The molecule has 5 nitrogen and oxygen atoms in total. The number of methoxy groups -OCH3 is 1. The van der Waals surface area contributed by atoms with Crippen LogP contribution in [0.5, 0.6) is 5.75 Å². The molecule has 1 fully saturated rings. The van der Waals surface area contributed by atoms with Crippen LogP contribution in [0, 0.1) is 11.6 Å². The van der Waals surface area contributed by atoms with Crippen LogP contribution in [0.2, 0.25) is 0 Å². The number of hydrogen-bond acceptors (Lipinski definition) is 3. The van der Waals surface area contributed by atoms with Crippen molar-refractivity contribution in [1.29, 1.82) is 0 Å². The summed E-state index contributed by atoms with van der Waals surface area (Å²) in [5, 5.41) is 5.86. The molecule has 0 bridgehead atoms. The van der Waals surface area contributed by atoms with Crippen LogP contribution in [0.3, 0.4) is 0 Å². The first-order valence-corrected chi connectivity index (χ1v) is 9.82. The lowest BCUT2D eigenvalue weighted by Crippen LogP contribution is -2.48. The summed E-state index contributed by atoms with van der Waals surface area (Å²) in [6.45, 7) is 4.28. The second-order valence-corrected chi connectivity index (χ2v) is 7.40. The molecular weight excluding hydrogens is 376 g/mol. The summed E-state index contributed by atoms with van der Waals surface area (Å²) in [7, 11) is 1.52. The Morgan fingerprint density at radius 3 is 2.45 bits per heavy atom. The zero-order valence-corrected chi connectivity index (χ0v) is 16.8. The molecular formula is C22H27F2N3O2. The van der Waals surface area contributed by atoms with E-state index in [-0.39, 0.29) is 29.7 Å². The van der Waals surface area contributed by atoms with E-state index in [1.165, 1.54) is 31.4 Å². The third-order valence-electron chi connectivity index (χ3n) is 5.25. The molecule has 156 valence electrons. The number of benzene rings is 2. The maximum atomic E-state index is 13.6. The molecule has 0 radical (unpaired) electrons. The number of urea groups is 1. The molecule has 29 heavy (non-hydrogen) atoms. The van der Waals surface area contributed by atoms with Gasteiger partial charge in [0, 0.05) is 31.2 Å². The number of halogens is 2. The lowest BCUT2D eigenvalue weighted by Gasteiger charge is -2.32. The van der Waals surface area contributed by atoms with Gasteiger partial charge in [-0.2, -0.15) is 0 Å². The number of carbonyl (C=O) groups excluding carboxylic acids is 1. The molecule has 1 heterocycles. The van der Waals surface area contributed by atoms with Crippen LogP contribution in [0.25, 0.3) is 0 Å². The van der Waals surface area contributed by atoms with E-state index in [1.54, 1.807) is 25.1 Å². The Morgan fingerprint density at radius 2 is 1.79 bits per heavy atom. The smallest absolute Gasteiger partial charge is 0.315 e. The van der Waals surface area contributed by atoms with Gasteiger partial charge in [-0.3, -0.25) is 4.90 Å². The molecule has 0 spiro atoms. The second-order valence-electron chi connectivity index (χ2n) is 7.40. The summed E-state index contributed by atoms with van der Waals surface area (Å²) < 4.78 is 31.8. The Hall–Kier alpha value is -2.67. The normalized spacial score (nSPS) is 16.3. The van der Waals surface area contributed by atoms with Crippen molar-refractivity contribution in [1.82, 2.24) is 15.5 Å². The van der Waals surface area contributed by atoms with Crippen LogP contribution >= 0.6 is 0 Å². The number of piperidine rings is 1. The summed E-state index contributed by atoms with van der Waals surface area (Å²) in [4.78, 5) is 14.7. The quantitative estimate of drug-likeness (QED) is 0.767. The Labute approximate surface area is 170 Å². The highest BCUT2D eigenvalue weighted by Crippen LogP contribution is 2.25. The second kappa shape index (κ2) is 9.69. The van der Waals surface area contributed by atoms with Crippen LogP contribution < -0.4 is 15.4 Å². The van der Waals surface area contributed by atoms with E-state index in [0.717, 1.165) is 38.0 Å². The predicted molar refractivity (Wildman–Crippen MR) is 108 cm³/mol.